The standard InChI is InChI=1S/C13H22N2O2/c1-10(2)15-7-4-5-12(15)13(17)14-9-11(3)6-8-16/h4-5,7,10-11,16H,6,8-9H2,1-3H3,(H,14,17). The van der Waals surface area contributed by atoms with Gasteiger partial charge in [-0.1, -0.05) is 6.92 Å². The Balaban J connectivity index is 2.55. The highest BCUT2D eigenvalue weighted by atomic mass is 16.3. The van der Waals surface area contributed by atoms with Gasteiger partial charge < -0.3 is 15.0 Å². The van der Waals surface area contributed by atoms with Crippen molar-refractivity contribution >= 4 is 5.91 Å². The minimum atomic E-state index is -0.0477. The van der Waals surface area contributed by atoms with Crippen molar-refractivity contribution in [3.05, 3.63) is 24.0 Å². The number of hydrogen-bond donors (Lipinski definition) is 2. The van der Waals surface area contributed by atoms with Gasteiger partial charge in [0.25, 0.3) is 5.91 Å². The molecule has 96 valence electrons. The zero-order chi connectivity index (χ0) is 12.8. The van der Waals surface area contributed by atoms with Crippen molar-refractivity contribution in [2.24, 2.45) is 5.92 Å². The molecular formula is C13H22N2O2. The first-order valence-electron chi connectivity index (χ1n) is 6.12. The molecule has 0 saturated carbocycles. The molecule has 0 saturated heterocycles. The van der Waals surface area contributed by atoms with E-state index in [-0.39, 0.29) is 18.6 Å². The number of carbonyl (C=O) groups is 1. The summed E-state index contributed by atoms with van der Waals surface area (Å²) in [6, 6.07) is 3.98. The first kappa shape index (κ1) is 13.8. The SMILES string of the molecule is CC(CCO)CNC(=O)c1cccn1C(C)C. The molecular weight excluding hydrogens is 216 g/mol. The van der Waals surface area contributed by atoms with Crippen molar-refractivity contribution < 1.29 is 9.90 Å². The molecule has 1 rings (SSSR count). The Bertz CT molecular complexity index is 358. The van der Waals surface area contributed by atoms with E-state index < -0.39 is 0 Å². The monoisotopic (exact) mass is 238 g/mol. The third kappa shape index (κ3) is 3.89. The number of nitrogens with zero attached hydrogens (tertiary/aromatic N) is 1. The van der Waals surface area contributed by atoms with Gasteiger partial charge in [0.05, 0.1) is 0 Å². The van der Waals surface area contributed by atoms with E-state index in [1.165, 1.54) is 0 Å². The molecule has 1 amide bonds. The summed E-state index contributed by atoms with van der Waals surface area (Å²) in [5.41, 5.74) is 0.691. The van der Waals surface area contributed by atoms with Crippen LogP contribution in [0, 0.1) is 5.92 Å². The van der Waals surface area contributed by atoms with Gasteiger partial charge in [-0.15, -0.1) is 0 Å². The molecule has 0 bridgehead atoms. The molecule has 1 aromatic heterocycles. The topological polar surface area (TPSA) is 54.3 Å². The second kappa shape index (κ2) is 6.45. The quantitative estimate of drug-likeness (QED) is 0.794. The van der Waals surface area contributed by atoms with Gasteiger partial charge in [0, 0.05) is 25.4 Å². The third-order valence-electron chi connectivity index (χ3n) is 2.80. The number of aliphatic hydroxyl groups is 1. The molecule has 2 N–H and O–H groups in total. The van der Waals surface area contributed by atoms with E-state index in [0.29, 0.717) is 24.6 Å². The number of amides is 1. The lowest BCUT2D eigenvalue weighted by atomic mass is 10.1. The van der Waals surface area contributed by atoms with Crippen LogP contribution in [0.1, 0.15) is 43.7 Å². The Morgan fingerprint density at radius 3 is 2.76 bits per heavy atom. The molecule has 1 heterocycles. The van der Waals surface area contributed by atoms with E-state index in [4.69, 9.17) is 5.11 Å². The maximum atomic E-state index is 11.9. The van der Waals surface area contributed by atoms with Crippen LogP contribution in [0.15, 0.2) is 18.3 Å². The maximum absolute atomic E-state index is 11.9. The van der Waals surface area contributed by atoms with E-state index in [0.717, 1.165) is 0 Å². The van der Waals surface area contributed by atoms with E-state index in [1.807, 2.05) is 43.7 Å². The fraction of sp³-hybridized carbons (Fsp3) is 0.615. The number of aliphatic hydroxyl groups excluding tert-OH is 1. The summed E-state index contributed by atoms with van der Waals surface area (Å²) in [5, 5.41) is 11.7. The Labute approximate surface area is 103 Å². The van der Waals surface area contributed by atoms with Crippen LogP contribution in [-0.2, 0) is 0 Å². The summed E-state index contributed by atoms with van der Waals surface area (Å²) in [6.07, 6.45) is 2.63. The second-order valence-electron chi connectivity index (χ2n) is 4.72. The van der Waals surface area contributed by atoms with Crippen molar-refractivity contribution in [2.75, 3.05) is 13.2 Å². The predicted octanol–water partition coefficient (Wildman–Crippen LogP) is 1.82. The molecule has 0 radical (unpaired) electrons. The molecule has 0 aliphatic rings. The molecule has 4 nitrogen and oxygen atoms in total. The van der Waals surface area contributed by atoms with E-state index in [9.17, 15) is 4.79 Å². The summed E-state index contributed by atoms with van der Waals surface area (Å²) in [6.45, 7) is 6.87. The van der Waals surface area contributed by atoms with Crippen molar-refractivity contribution in [3.8, 4) is 0 Å². The fourth-order valence-corrected chi connectivity index (χ4v) is 1.72. The van der Waals surface area contributed by atoms with E-state index in [1.54, 1.807) is 0 Å². The van der Waals surface area contributed by atoms with Crippen LogP contribution in [-0.4, -0.2) is 28.7 Å². The summed E-state index contributed by atoms with van der Waals surface area (Å²) in [5.74, 6) is 0.250. The normalized spacial score (nSPS) is 12.8. The van der Waals surface area contributed by atoms with Crippen LogP contribution >= 0.6 is 0 Å². The van der Waals surface area contributed by atoms with Gasteiger partial charge in [-0.2, -0.15) is 0 Å². The fourth-order valence-electron chi connectivity index (χ4n) is 1.72. The highest BCUT2D eigenvalue weighted by Gasteiger charge is 2.13. The van der Waals surface area contributed by atoms with Gasteiger partial charge in [-0.3, -0.25) is 4.79 Å². The highest BCUT2D eigenvalue weighted by Crippen LogP contribution is 2.10. The van der Waals surface area contributed by atoms with Gasteiger partial charge in [0.15, 0.2) is 0 Å². The number of nitrogens with one attached hydrogen (secondary N) is 1. The van der Waals surface area contributed by atoms with Crippen LogP contribution in [0.4, 0.5) is 0 Å². The Hall–Kier alpha value is -1.29. The lowest BCUT2D eigenvalue weighted by molar-refractivity contribution is 0.0934. The third-order valence-corrected chi connectivity index (χ3v) is 2.80. The average Bonchev–Trinajstić information content (AvgIpc) is 2.75. The number of rotatable bonds is 6. The van der Waals surface area contributed by atoms with Crippen LogP contribution in [0.25, 0.3) is 0 Å². The molecule has 1 unspecified atom stereocenters. The second-order valence-corrected chi connectivity index (χ2v) is 4.72. The van der Waals surface area contributed by atoms with Gasteiger partial charge in [-0.25, -0.2) is 0 Å². The molecule has 4 heteroatoms. The summed E-state index contributed by atoms with van der Waals surface area (Å²) >= 11 is 0. The minimum absolute atomic E-state index is 0.0477. The molecule has 0 aromatic carbocycles. The predicted molar refractivity (Wildman–Crippen MR) is 68.0 cm³/mol. The van der Waals surface area contributed by atoms with Gasteiger partial charge in [0.1, 0.15) is 5.69 Å². The van der Waals surface area contributed by atoms with Crippen LogP contribution in [0.5, 0.6) is 0 Å². The molecule has 0 fully saturated rings. The van der Waals surface area contributed by atoms with E-state index >= 15 is 0 Å². The maximum Gasteiger partial charge on any atom is 0.267 e. The van der Waals surface area contributed by atoms with Gasteiger partial charge in [-0.05, 0) is 38.3 Å². The summed E-state index contributed by atoms with van der Waals surface area (Å²) in [7, 11) is 0. The van der Waals surface area contributed by atoms with Crippen molar-refractivity contribution in [1.82, 2.24) is 9.88 Å². The smallest absolute Gasteiger partial charge is 0.267 e. The molecule has 17 heavy (non-hydrogen) atoms. The Morgan fingerprint density at radius 2 is 2.18 bits per heavy atom. The largest absolute Gasteiger partial charge is 0.396 e. The van der Waals surface area contributed by atoms with Gasteiger partial charge >= 0.3 is 0 Å². The van der Waals surface area contributed by atoms with Crippen molar-refractivity contribution in [1.29, 1.82) is 0 Å². The minimum Gasteiger partial charge on any atom is -0.396 e. The number of carbonyl (C=O) groups excluding carboxylic acids is 1. The molecule has 0 aliphatic heterocycles. The number of aromatic nitrogens is 1. The molecule has 0 aliphatic carbocycles. The van der Waals surface area contributed by atoms with Gasteiger partial charge in [0.2, 0.25) is 0 Å². The number of hydrogen-bond acceptors (Lipinski definition) is 2. The lowest BCUT2D eigenvalue weighted by Crippen LogP contribution is -2.30. The van der Waals surface area contributed by atoms with Crippen LogP contribution in [0.3, 0.4) is 0 Å². The summed E-state index contributed by atoms with van der Waals surface area (Å²) in [4.78, 5) is 11.9. The lowest BCUT2D eigenvalue weighted by Gasteiger charge is -2.14. The zero-order valence-electron chi connectivity index (χ0n) is 10.8. The average molecular weight is 238 g/mol. The van der Waals surface area contributed by atoms with Crippen LogP contribution < -0.4 is 5.32 Å². The highest BCUT2D eigenvalue weighted by molar-refractivity contribution is 5.92. The zero-order valence-corrected chi connectivity index (χ0v) is 10.8. The van der Waals surface area contributed by atoms with Crippen molar-refractivity contribution in [3.63, 3.8) is 0 Å². The Morgan fingerprint density at radius 1 is 1.47 bits per heavy atom. The first-order chi connectivity index (χ1) is 8.06. The van der Waals surface area contributed by atoms with E-state index in [2.05, 4.69) is 5.32 Å². The molecule has 1 atom stereocenters. The molecule has 0 spiro atoms. The summed E-state index contributed by atoms with van der Waals surface area (Å²) < 4.78 is 1.95. The Kier molecular flexibility index (Phi) is 5.22. The first-order valence-corrected chi connectivity index (χ1v) is 6.12. The van der Waals surface area contributed by atoms with Crippen molar-refractivity contribution in [2.45, 2.75) is 33.2 Å². The van der Waals surface area contributed by atoms with Crippen LogP contribution in [0.2, 0.25) is 0 Å². The molecule has 1 aromatic rings.